The number of imide groups is 2. The van der Waals surface area contributed by atoms with Crippen LogP contribution >= 0.6 is 0 Å². The van der Waals surface area contributed by atoms with Crippen LogP contribution in [0.1, 0.15) is 84.1 Å². The number of likely N-dealkylation sites (tertiary alicyclic amines) is 1. The van der Waals surface area contributed by atoms with Crippen LogP contribution in [0.5, 0.6) is 0 Å². The lowest BCUT2D eigenvalue weighted by molar-refractivity contribution is -0.136. The van der Waals surface area contributed by atoms with Gasteiger partial charge in [-0.3, -0.25) is 34.3 Å². The summed E-state index contributed by atoms with van der Waals surface area (Å²) in [5.41, 5.74) is 8.16. The molecule has 0 aromatic heterocycles. The molecule has 8 heteroatoms. The van der Waals surface area contributed by atoms with Crippen molar-refractivity contribution in [3.63, 3.8) is 0 Å². The van der Waals surface area contributed by atoms with Gasteiger partial charge in [0, 0.05) is 31.1 Å². The van der Waals surface area contributed by atoms with Gasteiger partial charge in [0.25, 0.3) is 11.8 Å². The molecular weight excluding hydrogens is 408 g/mol. The molecule has 5 rings (SSSR count). The first-order chi connectivity index (χ1) is 15.4. The molecule has 4 amide bonds. The molecule has 3 fully saturated rings. The standard InChI is InChI=1S/C24H30N4O4/c25-16-12-24(9-3-1-2-4-10-24)27(14-16)13-15-5-6-17-18(11-15)23(32)28(22(17)31)19-7-8-20(29)26-21(19)30/h5-6,11,16,19H,1-4,7-10,12-14,25H2,(H,26,29,30). The van der Waals surface area contributed by atoms with Crippen molar-refractivity contribution in [2.45, 2.75) is 82.0 Å². The molecule has 1 aromatic carbocycles. The lowest BCUT2D eigenvalue weighted by atomic mass is 9.86. The van der Waals surface area contributed by atoms with Crippen molar-refractivity contribution in [1.29, 1.82) is 0 Å². The second-order valence-electron chi connectivity index (χ2n) is 9.81. The van der Waals surface area contributed by atoms with Crippen LogP contribution in [-0.2, 0) is 16.1 Å². The highest BCUT2D eigenvalue weighted by molar-refractivity contribution is 6.23. The third-order valence-corrected chi connectivity index (χ3v) is 7.68. The number of amides is 4. The van der Waals surface area contributed by atoms with E-state index in [2.05, 4.69) is 10.2 Å². The van der Waals surface area contributed by atoms with Gasteiger partial charge in [0.2, 0.25) is 11.8 Å². The Morgan fingerprint density at radius 2 is 1.72 bits per heavy atom. The molecule has 1 aliphatic carbocycles. The molecule has 32 heavy (non-hydrogen) atoms. The van der Waals surface area contributed by atoms with E-state index in [4.69, 9.17) is 5.73 Å². The lowest BCUT2D eigenvalue weighted by Crippen LogP contribution is -2.54. The van der Waals surface area contributed by atoms with E-state index >= 15 is 0 Å². The van der Waals surface area contributed by atoms with E-state index in [1.165, 1.54) is 25.7 Å². The molecule has 3 heterocycles. The van der Waals surface area contributed by atoms with E-state index in [1.807, 2.05) is 6.07 Å². The second-order valence-corrected chi connectivity index (χ2v) is 9.81. The molecule has 8 nitrogen and oxygen atoms in total. The normalized spacial score (nSPS) is 28.2. The number of rotatable bonds is 3. The van der Waals surface area contributed by atoms with Gasteiger partial charge in [-0.05, 0) is 43.4 Å². The minimum Gasteiger partial charge on any atom is -0.326 e. The number of hydrogen-bond acceptors (Lipinski definition) is 6. The van der Waals surface area contributed by atoms with Crippen LogP contribution in [0.25, 0.3) is 0 Å². The molecule has 0 bridgehead atoms. The van der Waals surface area contributed by atoms with Gasteiger partial charge < -0.3 is 5.73 Å². The molecule has 1 aromatic rings. The lowest BCUT2D eigenvalue weighted by Gasteiger charge is -2.38. The van der Waals surface area contributed by atoms with Crippen molar-refractivity contribution >= 4 is 23.6 Å². The number of piperidine rings is 1. The van der Waals surface area contributed by atoms with Gasteiger partial charge in [-0.2, -0.15) is 0 Å². The zero-order valence-corrected chi connectivity index (χ0v) is 18.3. The van der Waals surface area contributed by atoms with Crippen LogP contribution in [-0.4, -0.2) is 57.6 Å². The predicted octanol–water partition coefficient (Wildman–Crippen LogP) is 1.71. The number of hydrogen-bond donors (Lipinski definition) is 2. The van der Waals surface area contributed by atoms with Crippen molar-refractivity contribution in [3.05, 3.63) is 34.9 Å². The van der Waals surface area contributed by atoms with Crippen molar-refractivity contribution in [2.24, 2.45) is 5.73 Å². The monoisotopic (exact) mass is 438 g/mol. The summed E-state index contributed by atoms with van der Waals surface area (Å²) in [6, 6.07) is 4.64. The van der Waals surface area contributed by atoms with Gasteiger partial charge in [0.05, 0.1) is 11.1 Å². The average molecular weight is 439 g/mol. The average Bonchev–Trinajstić information content (AvgIpc) is 3.05. The van der Waals surface area contributed by atoms with Gasteiger partial charge in [-0.25, -0.2) is 0 Å². The predicted molar refractivity (Wildman–Crippen MR) is 117 cm³/mol. The number of nitrogens with one attached hydrogen (secondary N) is 1. The first-order valence-electron chi connectivity index (χ1n) is 11.7. The maximum Gasteiger partial charge on any atom is 0.262 e. The van der Waals surface area contributed by atoms with Crippen LogP contribution in [0, 0.1) is 0 Å². The van der Waals surface area contributed by atoms with Crippen molar-refractivity contribution < 1.29 is 19.2 Å². The Balaban J connectivity index is 1.38. The second kappa shape index (κ2) is 8.08. The summed E-state index contributed by atoms with van der Waals surface area (Å²) in [6.07, 6.45) is 8.61. The van der Waals surface area contributed by atoms with Crippen molar-refractivity contribution in [3.8, 4) is 0 Å². The van der Waals surface area contributed by atoms with Crippen LogP contribution in [0.3, 0.4) is 0 Å². The molecule has 2 atom stereocenters. The number of nitrogens with two attached hydrogens (primary N) is 1. The minimum atomic E-state index is -0.936. The van der Waals surface area contributed by atoms with E-state index < -0.39 is 23.8 Å². The van der Waals surface area contributed by atoms with Gasteiger partial charge in [-0.15, -0.1) is 0 Å². The Bertz CT molecular complexity index is 982. The number of benzene rings is 1. The molecule has 4 aliphatic rings. The van der Waals surface area contributed by atoms with E-state index in [-0.39, 0.29) is 30.3 Å². The minimum absolute atomic E-state index is 0.117. The Hall–Kier alpha value is -2.58. The van der Waals surface area contributed by atoms with E-state index in [9.17, 15) is 19.2 Å². The molecular formula is C24H30N4O4. The highest BCUT2D eigenvalue weighted by Crippen LogP contribution is 2.41. The van der Waals surface area contributed by atoms with Crippen LogP contribution in [0.4, 0.5) is 0 Å². The topological polar surface area (TPSA) is 113 Å². The maximum absolute atomic E-state index is 13.1. The summed E-state index contributed by atoms with van der Waals surface area (Å²) >= 11 is 0. The molecule has 2 unspecified atom stereocenters. The number of nitrogens with zero attached hydrogens (tertiary/aromatic N) is 2. The van der Waals surface area contributed by atoms with Gasteiger partial charge in [0.1, 0.15) is 6.04 Å². The number of carbonyl (C=O) groups excluding carboxylic acids is 4. The van der Waals surface area contributed by atoms with Crippen LogP contribution < -0.4 is 11.1 Å². The van der Waals surface area contributed by atoms with E-state index in [0.717, 1.165) is 36.3 Å². The Kier molecular flexibility index (Phi) is 5.37. The molecule has 2 saturated heterocycles. The zero-order chi connectivity index (χ0) is 22.5. The highest BCUT2D eigenvalue weighted by atomic mass is 16.2. The third kappa shape index (κ3) is 3.55. The Morgan fingerprint density at radius 3 is 2.44 bits per heavy atom. The largest absolute Gasteiger partial charge is 0.326 e. The van der Waals surface area contributed by atoms with Crippen molar-refractivity contribution in [2.75, 3.05) is 6.54 Å². The SMILES string of the molecule is NC1CN(Cc2ccc3c(c2)C(=O)N(C2CCC(=O)NC2=O)C3=O)C2(CCCCCC2)C1. The first kappa shape index (κ1) is 21.3. The quantitative estimate of drug-likeness (QED) is 0.695. The molecule has 170 valence electrons. The summed E-state index contributed by atoms with van der Waals surface area (Å²) in [5, 5.41) is 2.23. The Morgan fingerprint density at radius 1 is 1.00 bits per heavy atom. The first-order valence-corrected chi connectivity index (χ1v) is 11.7. The molecule has 1 spiro atoms. The van der Waals surface area contributed by atoms with Gasteiger partial charge in [-0.1, -0.05) is 31.7 Å². The summed E-state index contributed by atoms with van der Waals surface area (Å²) in [7, 11) is 0. The fourth-order valence-electron chi connectivity index (χ4n) is 6.13. The summed E-state index contributed by atoms with van der Waals surface area (Å²) < 4.78 is 0. The summed E-state index contributed by atoms with van der Waals surface area (Å²) in [4.78, 5) is 53.3. The van der Waals surface area contributed by atoms with Crippen LogP contribution in [0.15, 0.2) is 18.2 Å². The molecule has 0 radical (unpaired) electrons. The highest BCUT2D eigenvalue weighted by Gasteiger charge is 2.46. The number of carbonyl (C=O) groups is 4. The smallest absolute Gasteiger partial charge is 0.262 e. The van der Waals surface area contributed by atoms with Gasteiger partial charge in [0.15, 0.2) is 0 Å². The van der Waals surface area contributed by atoms with Crippen molar-refractivity contribution in [1.82, 2.24) is 15.1 Å². The van der Waals surface area contributed by atoms with Gasteiger partial charge >= 0.3 is 0 Å². The molecule has 3 aliphatic heterocycles. The molecule has 3 N–H and O–H groups in total. The fourth-order valence-corrected chi connectivity index (χ4v) is 6.13. The Labute approximate surface area is 187 Å². The van der Waals surface area contributed by atoms with E-state index in [0.29, 0.717) is 17.7 Å². The van der Waals surface area contributed by atoms with E-state index in [1.54, 1.807) is 12.1 Å². The molecule has 1 saturated carbocycles. The maximum atomic E-state index is 13.1. The summed E-state index contributed by atoms with van der Waals surface area (Å²) in [5.74, 6) is -1.88. The third-order valence-electron chi connectivity index (χ3n) is 7.68. The van der Waals surface area contributed by atoms with Crippen LogP contribution in [0.2, 0.25) is 0 Å². The number of fused-ring (bicyclic) bond motifs is 1. The summed E-state index contributed by atoms with van der Waals surface area (Å²) in [6.45, 7) is 1.53. The fraction of sp³-hybridized carbons (Fsp3) is 0.583. The zero-order valence-electron chi connectivity index (χ0n) is 18.3.